The molecule has 2 heteroatoms. The minimum atomic E-state index is -0.222. The lowest BCUT2D eigenvalue weighted by Crippen LogP contribution is -2.11. The second-order valence-corrected chi connectivity index (χ2v) is 2.81. The van der Waals surface area contributed by atoms with Crippen molar-refractivity contribution < 1.29 is 4.74 Å². The van der Waals surface area contributed by atoms with E-state index in [4.69, 9.17) is 4.74 Å². The second-order valence-electron chi connectivity index (χ2n) is 1.87. The van der Waals surface area contributed by atoms with Gasteiger partial charge in [0.2, 0.25) is 0 Å². The van der Waals surface area contributed by atoms with Gasteiger partial charge in [-0.1, -0.05) is 0 Å². The quantitative estimate of drug-likeness (QED) is 0.472. The van der Waals surface area contributed by atoms with Crippen molar-refractivity contribution >= 4 is 12.6 Å². The Morgan fingerprint density at radius 3 is 2.71 bits per heavy atom. The molecule has 0 spiro atoms. The summed E-state index contributed by atoms with van der Waals surface area (Å²) in [5.74, 6) is 0. The molecule has 0 aromatic rings. The van der Waals surface area contributed by atoms with E-state index >= 15 is 0 Å². The van der Waals surface area contributed by atoms with Gasteiger partial charge in [-0.15, -0.1) is 12.6 Å². The molecule has 0 bridgehead atoms. The Kier molecular flexibility index (Phi) is 1.04. The highest BCUT2D eigenvalue weighted by Gasteiger charge is 2.20. The van der Waals surface area contributed by atoms with Crippen molar-refractivity contribution in [1.82, 2.24) is 0 Å². The molecular formula is C5H8OS. The van der Waals surface area contributed by atoms with Gasteiger partial charge in [-0.05, 0) is 13.0 Å². The zero-order valence-electron chi connectivity index (χ0n) is 4.22. The van der Waals surface area contributed by atoms with Crippen molar-refractivity contribution in [2.75, 3.05) is 0 Å². The monoisotopic (exact) mass is 116 g/mol. The Labute approximate surface area is 48.8 Å². The van der Waals surface area contributed by atoms with Gasteiger partial charge in [0.05, 0.1) is 6.26 Å². The standard InChI is InChI=1S/C5H8OS/c1-5(7)3-2-4-6-5/h2,4,7H,3H2,1H3. The van der Waals surface area contributed by atoms with Crippen molar-refractivity contribution in [3.63, 3.8) is 0 Å². The first-order valence-electron chi connectivity index (χ1n) is 2.26. The molecule has 40 valence electrons. The molecule has 0 fully saturated rings. The van der Waals surface area contributed by atoms with Crippen molar-refractivity contribution in [1.29, 1.82) is 0 Å². The maximum Gasteiger partial charge on any atom is 0.151 e. The minimum absolute atomic E-state index is 0.222. The Morgan fingerprint density at radius 1 is 1.86 bits per heavy atom. The average Bonchev–Trinajstić information content (AvgIpc) is 1.84. The molecule has 1 unspecified atom stereocenters. The zero-order valence-corrected chi connectivity index (χ0v) is 5.11. The van der Waals surface area contributed by atoms with Gasteiger partial charge in [0.1, 0.15) is 0 Å². The third-order valence-corrected chi connectivity index (χ3v) is 1.20. The van der Waals surface area contributed by atoms with Crippen LogP contribution in [0.5, 0.6) is 0 Å². The fraction of sp³-hybridized carbons (Fsp3) is 0.600. The Bertz CT molecular complexity index is 86.3. The van der Waals surface area contributed by atoms with Crippen molar-refractivity contribution in [2.24, 2.45) is 0 Å². The molecule has 1 atom stereocenters. The normalized spacial score (nSPS) is 38.6. The molecule has 1 aliphatic heterocycles. The van der Waals surface area contributed by atoms with Crippen LogP contribution < -0.4 is 0 Å². The molecule has 0 aromatic heterocycles. The lowest BCUT2D eigenvalue weighted by Gasteiger charge is -2.14. The van der Waals surface area contributed by atoms with Crippen LogP contribution in [0, 0.1) is 0 Å². The molecule has 0 radical (unpaired) electrons. The van der Waals surface area contributed by atoms with Gasteiger partial charge in [0.15, 0.2) is 4.93 Å². The molecule has 0 N–H and O–H groups in total. The van der Waals surface area contributed by atoms with Crippen LogP contribution >= 0.6 is 12.6 Å². The van der Waals surface area contributed by atoms with Crippen molar-refractivity contribution in [3.8, 4) is 0 Å². The molecule has 0 aliphatic carbocycles. The van der Waals surface area contributed by atoms with Gasteiger partial charge in [0.25, 0.3) is 0 Å². The summed E-state index contributed by atoms with van der Waals surface area (Å²) in [6.07, 6.45) is 4.57. The first-order chi connectivity index (χ1) is 3.21. The lowest BCUT2D eigenvalue weighted by molar-refractivity contribution is 0.157. The first kappa shape index (κ1) is 5.04. The van der Waals surface area contributed by atoms with E-state index in [9.17, 15) is 0 Å². The van der Waals surface area contributed by atoms with Crippen LogP contribution in [0.15, 0.2) is 12.3 Å². The summed E-state index contributed by atoms with van der Waals surface area (Å²) in [4.78, 5) is -0.222. The van der Waals surface area contributed by atoms with Gasteiger partial charge < -0.3 is 4.74 Å². The predicted molar refractivity (Wildman–Crippen MR) is 32.2 cm³/mol. The Balaban J connectivity index is 2.49. The number of hydrogen-bond acceptors (Lipinski definition) is 2. The molecule has 0 saturated heterocycles. The maximum absolute atomic E-state index is 5.02. The van der Waals surface area contributed by atoms with Crippen LogP contribution in [0.4, 0.5) is 0 Å². The van der Waals surface area contributed by atoms with E-state index in [2.05, 4.69) is 12.6 Å². The summed E-state index contributed by atoms with van der Waals surface area (Å²) in [7, 11) is 0. The SMILES string of the molecule is CC1(S)CC=CO1. The van der Waals surface area contributed by atoms with Gasteiger partial charge >= 0.3 is 0 Å². The second kappa shape index (κ2) is 1.44. The summed E-state index contributed by atoms with van der Waals surface area (Å²) in [5.41, 5.74) is 0. The summed E-state index contributed by atoms with van der Waals surface area (Å²) in [6, 6.07) is 0. The summed E-state index contributed by atoms with van der Waals surface area (Å²) >= 11 is 4.16. The number of rotatable bonds is 0. The van der Waals surface area contributed by atoms with E-state index in [0.29, 0.717) is 0 Å². The molecule has 1 heterocycles. The number of ether oxygens (including phenoxy) is 1. The van der Waals surface area contributed by atoms with Crippen LogP contribution in [0.2, 0.25) is 0 Å². The first-order valence-corrected chi connectivity index (χ1v) is 2.71. The van der Waals surface area contributed by atoms with Crippen molar-refractivity contribution in [3.05, 3.63) is 12.3 Å². The summed E-state index contributed by atoms with van der Waals surface area (Å²) < 4.78 is 5.02. The van der Waals surface area contributed by atoms with Crippen LogP contribution in [0.3, 0.4) is 0 Å². The predicted octanol–water partition coefficient (Wildman–Crippen LogP) is 1.57. The molecule has 0 aromatic carbocycles. The van der Waals surface area contributed by atoms with E-state index in [1.165, 1.54) is 0 Å². The topological polar surface area (TPSA) is 9.23 Å². The summed E-state index contributed by atoms with van der Waals surface area (Å²) in [6.45, 7) is 1.94. The number of hydrogen-bond donors (Lipinski definition) is 1. The molecule has 7 heavy (non-hydrogen) atoms. The highest BCUT2D eigenvalue weighted by Crippen LogP contribution is 2.25. The largest absolute Gasteiger partial charge is 0.485 e. The molecule has 0 amide bonds. The van der Waals surface area contributed by atoms with Gasteiger partial charge in [-0.25, -0.2) is 0 Å². The third-order valence-electron chi connectivity index (χ3n) is 0.915. The van der Waals surface area contributed by atoms with E-state index < -0.39 is 0 Å². The van der Waals surface area contributed by atoms with Crippen LogP contribution in [0.25, 0.3) is 0 Å². The summed E-state index contributed by atoms with van der Waals surface area (Å²) in [5, 5.41) is 0. The average molecular weight is 116 g/mol. The molecule has 1 aliphatic rings. The van der Waals surface area contributed by atoms with Gasteiger partial charge in [-0.3, -0.25) is 0 Å². The fourth-order valence-corrected chi connectivity index (χ4v) is 0.676. The maximum atomic E-state index is 5.02. The van der Waals surface area contributed by atoms with E-state index in [1.54, 1.807) is 6.26 Å². The van der Waals surface area contributed by atoms with Crippen molar-refractivity contribution in [2.45, 2.75) is 18.3 Å². The van der Waals surface area contributed by atoms with Crippen LogP contribution in [-0.4, -0.2) is 4.93 Å². The molecule has 1 rings (SSSR count). The van der Waals surface area contributed by atoms with Crippen LogP contribution in [0.1, 0.15) is 13.3 Å². The van der Waals surface area contributed by atoms with Crippen LogP contribution in [-0.2, 0) is 4.74 Å². The number of thiol groups is 1. The van der Waals surface area contributed by atoms with E-state index in [1.807, 2.05) is 13.0 Å². The highest BCUT2D eigenvalue weighted by molar-refractivity contribution is 7.81. The molecule has 1 nitrogen and oxygen atoms in total. The van der Waals surface area contributed by atoms with E-state index in [0.717, 1.165) is 6.42 Å². The zero-order chi connectivity index (χ0) is 5.33. The lowest BCUT2D eigenvalue weighted by atomic mass is 10.3. The van der Waals surface area contributed by atoms with Gasteiger partial charge in [0, 0.05) is 6.42 Å². The molecule has 0 saturated carbocycles. The molecular weight excluding hydrogens is 108 g/mol. The minimum Gasteiger partial charge on any atom is -0.485 e. The smallest absolute Gasteiger partial charge is 0.151 e. The van der Waals surface area contributed by atoms with Gasteiger partial charge in [-0.2, -0.15) is 0 Å². The highest BCUT2D eigenvalue weighted by atomic mass is 32.1. The Morgan fingerprint density at radius 2 is 2.57 bits per heavy atom. The van der Waals surface area contributed by atoms with E-state index in [-0.39, 0.29) is 4.93 Å². The fourth-order valence-electron chi connectivity index (χ4n) is 0.510. The Hall–Kier alpha value is -0.110. The third kappa shape index (κ3) is 1.13.